The van der Waals surface area contributed by atoms with Crippen LogP contribution in [0.3, 0.4) is 0 Å². The maximum absolute atomic E-state index is 5.92. The Morgan fingerprint density at radius 3 is 2.90 bits per heavy atom. The van der Waals surface area contributed by atoms with Crippen LogP contribution in [0.1, 0.15) is 11.4 Å². The van der Waals surface area contributed by atoms with Crippen molar-refractivity contribution in [3.8, 4) is 5.75 Å². The Morgan fingerprint density at radius 1 is 1.14 bits per heavy atom. The van der Waals surface area contributed by atoms with Gasteiger partial charge in [0.25, 0.3) is 0 Å². The minimum Gasteiger partial charge on any atom is -0.485 e. The summed E-state index contributed by atoms with van der Waals surface area (Å²) in [6.45, 7) is 1.16. The van der Waals surface area contributed by atoms with Gasteiger partial charge in [-0.05, 0) is 38.4 Å². The highest BCUT2D eigenvalue weighted by Crippen LogP contribution is 2.18. The molecule has 3 heterocycles. The molecule has 0 fully saturated rings. The molecule has 0 N–H and O–H groups in total. The van der Waals surface area contributed by atoms with Crippen LogP contribution in [0.5, 0.6) is 5.75 Å². The summed E-state index contributed by atoms with van der Waals surface area (Å²) in [5.41, 5.74) is 2.69. The van der Waals surface area contributed by atoms with Crippen LogP contribution < -0.4 is 4.74 Å². The summed E-state index contributed by atoms with van der Waals surface area (Å²) >= 11 is 0. The number of hydrogen-bond acceptors (Lipinski definition) is 5. The second-order valence-electron chi connectivity index (χ2n) is 5.02. The molecule has 21 heavy (non-hydrogen) atoms. The Morgan fingerprint density at radius 2 is 2.05 bits per heavy atom. The van der Waals surface area contributed by atoms with E-state index in [-0.39, 0.29) is 0 Å². The lowest BCUT2D eigenvalue weighted by atomic mass is 10.3. The van der Waals surface area contributed by atoms with Gasteiger partial charge in [-0.1, -0.05) is 6.07 Å². The van der Waals surface area contributed by atoms with E-state index >= 15 is 0 Å². The SMILES string of the molecule is CN(C)Cc1ncccc1OCc1cccc2ncnn12. The molecule has 0 amide bonds. The Bertz CT molecular complexity index is 738. The first-order valence-corrected chi connectivity index (χ1v) is 6.73. The van der Waals surface area contributed by atoms with E-state index in [0.717, 1.165) is 29.3 Å². The third-order valence-electron chi connectivity index (χ3n) is 3.07. The quantitative estimate of drug-likeness (QED) is 0.714. The summed E-state index contributed by atoms with van der Waals surface area (Å²) < 4.78 is 7.70. The molecular weight excluding hydrogens is 266 g/mol. The maximum Gasteiger partial charge on any atom is 0.155 e. The van der Waals surface area contributed by atoms with Crippen LogP contribution in [0.4, 0.5) is 0 Å². The van der Waals surface area contributed by atoms with Crippen LogP contribution in [0.15, 0.2) is 42.9 Å². The average molecular weight is 283 g/mol. The number of nitrogens with zero attached hydrogens (tertiary/aromatic N) is 5. The van der Waals surface area contributed by atoms with Gasteiger partial charge >= 0.3 is 0 Å². The Kier molecular flexibility index (Phi) is 3.79. The Balaban J connectivity index is 1.80. The fourth-order valence-corrected chi connectivity index (χ4v) is 2.14. The third kappa shape index (κ3) is 3.00. The Labute approximate surface area is 123 Å². The smallest absolute Gasteiger partial charge is 0.155 e. The number of hydrogen-bond donors (Lipinski definition) is 0. The molecule has 0 unspecified atom stereocenters. The maximum atomic E-state index is 5.92. The summed E-state index contributed by atoms with van der Waals surface area (Å²) in [6, 6.07) is 9.66. The standard InChI is InChI=1S/C15H17N5O/c1-19(2)9-13-14(6-4-8-16-13)21-10-12-5-3-7-15-17-11-18-20(12)15/h3-8,11H,9-10H2,1-2H3. The molecule has 0 saturated heterocycles. The van der Waals surface area contributed by atoms with Crippen LogP contribution in [0.2, 0.25) is 0 Å². The van der Waals surface area contributed by atoms with Crippen molar-refractivity contribution in [2.75, 3.05) is 14.1 Å². The molecule has 0 aliphatic rings. The van der Waals surface area contributed by atoms with Crippen LogP contribution in [0.25, 0.3) is 5.65 Å². The van der Waals surface area contributed by atoms with Gasteiger partial charge in [-0.2, -0.15) is 5.10 Å². The molecular formula is C15H17N5O. The van der Waals surface area contributed by atoms with Crippen molar-refractivity contribution in [1.29, 1.82) is 0 Å². The minimum absolute atomic E-state index is 0.423. The number of aromatic nitrogens is 4. The van der Waals surface area contributed by atoms with Crippen molar-refractivity contribution >= 4 is 5.65 Å². The summed E-state index contributed by atoms with van der Waals surface area (Å²) in [7, 11) is 4.02. The van der Waals surface area contributed by atoms with Gasteiger partial charge in [0.05, 0.1) is 11.4 Å². The molecule has 0 radical (unpaired) electrons. The molecule has 3 aromatic rings. The number of pyridine rings is 2. The van der Waals surface area contributed by atoms with Crippen LogP contribution in [-0.4, -0.2) is 38.6 Å². The summed E-state index contributed by atoms with van der Waals surface area (Å²) in [5, 5.41) is 4.20. The van der Waals surface area contributed by atoms with Gasteiger partial charge in [0.15, 0.2) is 5.65 Å². The highest BCUT2D eigenvalue weighted by Gasteiger charge is 2.08. The lowest BCUT2D eigenvalue weighted by Crippen LogP contribution is -2.13. The van der Waals surface area contributed by atoms with Gasteiger partial charge in [-0.15, -0.1) is 0 Å². The monoisotopic (exact) mass is 283 g/mol. The number of ether oxygens (including phenoxy) is 1. The minimum atomic E-state index is 0.423. The van der Waals surface area contributed by atoms with E-state index in [2.05, 4.69) is 20.0 Å². The second-order valence-corrected chi connectivity index (χ2v) is 5.02. The fourth-order valence-electron chi connectivity index (χ4n) is 2.14. The van der Waals surface area contributed by atoms with Gasteiger partial charge in [0.2, 0.25) is 0 Å². The topological polar surface area (TPSA) is 55.5 Å². The first-order valence-electron chi connectivity index (χ1n) is 6.73. The second kappa shape index (κ2) is 5.88. The molecule has 0 bridgehead atoms. The molecule has 3 rings (SSSR count). The van der Waals surface area contributed by atoms with Crippen molar-refractivity contribution in [3.63, 3.8) is 0 Å². The predicted molar refractivity (Wildman–Crippen MR) is 78.9 cm³/mol. The molecule has 0 saturated carbocycles. The van der Waals surface area contributed by atoms with E-state index in [9.17, 15) is 0 Å². The summed E-state index contributed by atoms with van der Waals surface area (Å²) in [4.78, 5) is 10.6. The van der Waals surface area contributed by atoms with Gasteiger partial charge in [-0.25, -0.2) is 9.50 Å². The lowest BCUT2D eigenvalue weighted by Gasteiger charge is -2.14. The fraction of sp³-hybridized carbons (Fsp3) is 0.267. The molecule has 0 aliphatic carbocycles. The van der Waals surface area contributed by atoms with Gasteiger partial charge < -0.3 is 9.64 Å². The molecule has 3 aromatic heterocycles. The van der Waals surface area contributed by atoms with Crippen molar-refractivity contribution in [2.24, 2.45) is 0 Å². The zero-order valence-electron chi connectivity index (χ0n) is 12.1. The average Bonchev–Trinajstić information content (AvgIpc) is 2.95. The van der Waals surface area contributed by atoms with Crippen LogP contribution >= 0.6 is 0 Å². The molecule has 0 aromatic carbocycles. The first kappa shape index (κ1) is 13.5. The van der Waals surface area contributed by atoms with E-state index in [1.54, 1.807) is 17.0 Å². The van der Waals surface area contributed by atoms with E-state index in [4.69, 9.17) is 4.74 Å². The Hall–Kier alpha value is -2.47. The largest absolute Gasteiger partial charge is 0.485 e. The number of fused-ring (bicyclic) bond motifs is 1. The van der Waals surface area contributed by atoms with Crippen LogP contribution in [-0.2, 0) is 13.2 Å². The van der Waals surface area contributed by atoms with Crippen molar-refractivity contribution in [1.82, 2.24) is 24.5 Å². The van der Waals surface area contributed by atoms with Crippen molar-refractivity contribution < 1.29 is 4.74 Å². The van der Waals surface area contributed by atoms with E-state index in [1.165, 1.54) is 0 Å². The van der Waals surface area contributed by atoms with Gasteiger partial charge in [-0.3, -0.25) is 4.98 Å². The van der Waals surface area contributed by atoms with Crippen molar-refractivity contribution in [2.45, 2.75) is 13.2 Å². The molecule has 6 heteroatoms. The zero-order chi connectivity index (χ0) is 14.7. The lowest BCUT2D eigenvalue weighted by molar-refractivity contribution is 0.285. The number of rotatable bonds is 5. The van der Waals surface area contributed by atoms with Crippen molar-refractivity contribution in [3.05, 3.63) is 54.2 Å². The molecule has 0 atom stereocenters. The predicted octanol–water partition coefficient (Wildman–Crippen LogP) is 1.76. The molecule has 0 spiro atoms. The summed E-state index contributed by atoms with van der Waals surface area (Å²) in [5.74, 6) is 0.795. The molecule has 108 valence electrons. The van der Waals surface area contributed by atoms with E-state index < -0.39 is 0 Å². The molecule has 0 aliphatic heterocycles. The molecule has 6 nitrogen and oxygen atoms in total. The highest BCUT2D eigenvalue weighted by molar-refractivity contribution is 5.37. The normalized spacial score (nSPS) is 11.2. The zero-order valence-corrected chi connectivity index (χ0v) is 12.1. The summed E-state index contributed by atoms with van der Waals surface area (Å²) in [6.07, 6.45) is 3.32. The highest BCUT2D eigenvalue weighted by atomic mass is 16.5. The van der Waals surface area contributed by atoms with Gasteiger partial charge in [0, 0.05) is 12.7 Å². The van der Waals surface area contributed by atoms with E-state index in [1.807, 2.05) is 44.4 Å². The van der Waals surface area contributed by atoms with E-state index in [0.29, 0.717) is 6.61 Å². The first-order chi connectivity index (χ1) is 10.2. The van der Waals surface area contributed by atoms with Crippen LogP contribution in [0, 0.1) is 0 Å². The third-order valence-corrected chi connectivity index (χ3v) is 3.07. The van der Waals surface area contributed by atoms with Gasteiger partial charge in [0.1, 0.15) is 18.7 Å².